The van der Waals surface area contributed by atoms with Crippen molar-refractivity contribution in [2.45, 2.75) is 19.2 Å². The van der Waals surface area contributed by atoms with E-state index in [0.29, 0.717) is 40.9 Å². The molecule has 4 aromatic rings. The number of pyridine rings is 1. The van der Waals surface area contributed by atoms with Gasteiger partial charge in [0.25, 0.3) is 5.56 Å². The van der Waals surface area contributed by atoms with Gasteiger partial charge in [-0.25, -0.2) is 4.98 Å². The molecule has 0 aliphatic heterocycles. The predicted octanol–water partition coefficient (Wildman–Crippen LogP) is 6.23. The highest BCUT2D eigenvalue weighted by atomic mass is 19.4. The van der Waals surface area contributed by atoms with E-state index in [1.165, 1.54) is 28.7 Å². The Hall–Kier alpha value is -4.27. The Morgan fingerprint density at radius 2 is 1.81 bits per heavy atom. The average Bonchev–Trinajstić information content (AvgIpc) is 3.71. The fraction of sp³-hybridized carbons (Fsp3) is 0.214. The van der Waals surface area contributed by atoms with Crippen LogP contribution in [0.15, 0.2) is 71.7 Å². The van der Waals surface area contributed by atoms with Gasteiger partial charge in [0.15, 0.2) is 11.5 Å². The molecule has 0 spiro atoms. The summed E-state index contributed by atoms with van der Waals surface area (Å²) >= 11 is 0. The molecule has 0 N–H and O–H groups in total. The van der Waals surface area contributed by atoms with Crippen LogP contribution in [0.1, 0.15) is 24.1 Å². The topological polar surface area (TPSA) is 62.1 Å². The molecule has 190 valence electrons. The molecule has 0 amide bonds. The second-order valence-corrected chi connectivity index (χ2v) is 8.64. The molecular weight excluding hydrogens is 485 g/mol. The molecule has 0 radical (unpaired) electrons. The smallest absolute Gasteiger partial charge is 0.493 e. The molecule has 0 bridgehead atoms. The summed E-state index contributed by atoms with van der Waals surface area (Å²) in [5.41, 5.74) is 1.82. The summed E-state index contributed by atoms with van der Waals surface area (Å²) in [4.78, 5) is 18.1. The van der Waals surface area contributed by atoms with Gasteiger partial charge in [-0.15, -0.1) is 13.2 Å². The minimum atomic E-state index is -4.81. The fourth-order valence-corrected chi connectivity index (χ4v) is 3.96. The summed E-state index contributed by atoms with van der Waals surface area (Å²) in [6.45, 7) is 0.592. The maximum Gasteiger partial charge on any atom is 0.573 e. The first-order valence-electron chi connectivity index (χ1n) is 11.7. The molecule has 37 heavy (non-hydrogen) atoms. The van der Waals surface area contributed by atoms with Gasteiger partial charge in [0.1, 0.15) is 11.4 Å². The molecule has 1 saturated carbocycles. The number of ether oxygens (including phenoxy) is 3. The van der Waals surface area contributed by atoms with Crippen LogP contribution in [0.4, 0.5) is 13.2 Å². The number of hydrogen-bond donors (Lipinski definition) is 0. The molecule has 5 rings (SSSR count). The third-order valence-electron chi connectivity index (χ3n) is 5.95. The number of rotatable bonds is 8. The number of para-hydroxylation sites is 1. The SMILES string of the molecule is COc1cccc(/C=C/c2nc3ccccn3c(=O)c2-c2ccc(OC(F)(F)F)cc2)c1OCC1CC1. The van der Waals surface area contributed by atoms with Crippen LogP contribution in [-0.4, -0.2) is 29.5 Å². The molecule has 9 heteroatoms. The van der Waals surface area contributed by atoms with E-state index in [9.17, 15) is 18.0 Å². The van der Waals surface area contributed by atoms with Crippen molar-refractivity contribution in [3.63, 3.8) is 0 Å². The Labute approximate surface area is 210 Å². The maximum atomic E-state index is 13.5. The second kappa shape index (κ2) is 10.0. The van der Waals surface area contributed by atoms with E-state index in [4.69, 9.17) is 9.47 Å². The standard InChI is InChI=1S/C28H23F3N2O4/c1-35-23-6-4-5-20(26(23)36-17-18-8-9-18)12-15-22-25(27(34)33-16-3-2-7-24(33)32-22)19-10-13-21(14-11-19)37-28(29,30)31/h2-7,10-16,18H,8-9,17H2,1H3/b15-12+. The average molecular weight is 508 g/mol. The van der Waals surface area contributed by atoms with Crippen molar-refractivity contribution >= 4 is 17.8 Å². The summed E-state index contributed by atoms with van der Waals surface area (Å²) in [6.07, 6.45) is 2.55. The minimum absolute atomic E-state index is 0.238. The monoisotopic (exact) mass is 508 g/mol. The van der Waals surface area contributed by atoms with Crippen LogP contribution in [0, 0.1) is 5.92 Å². The van der Waals surface area contributed by atoms with Crippen LogP contribution in [0.2, 0.25) is 0 Å². The highest BCUT2D eigenvalue weighted by Gasteiger charge is 2.31. The summed E-state index contributed by atoms with van der Waals surface area (Å²) in [5.74, 6) is 1.35. The lowest BCUT2D eigenvalue weighted by atomic mass is 10.0. The Morgan fingerprint density at radius 3 is 2.51 bits per heavy atom. The summed E-state index contributed by atoms with van der Waals surface area (Å²) < 4.78 is 54.7. The highest BCUT2D eigenvalue weighted by Crippen LogP contribution is 2.36. The summed E-state index contributed by atoms with van der Waals surface area (Å²) in [7, 11) is 1.57. The molecule has 0 unspecified atom stereocenters. The van der Waals surface area contributed by atoms with Crippen LogP contribution >= 0.6 is 0 Å². The quantitative estimate of drug-likeness (QED) is 0.283. The van der Waals surface area contributed by atoms with E-state index >= 15 is 0 Å². The van der Waals surface area contributed by atoms with Gasteiger partial charge in [-0.2, -0.15) is 0 Å². The van der Waals surface area contributed by atoms with Gasteiger partial charge in [-0.1, -0.05) is 30.3 Å². The zero-order valence-electron chi connectivity index (χ0n) is 19.9. The zero-order valence-corrected chi connectivity index (χ0v) is 19.9. The molecule has 1 aliphatic rings. The van der Waals surface area contributed by atoms with E-state index in [1.54, 1.807) is 43.7 Å². The molecule has 1 aliphatic carbocycles. The van der Waals surface area contributed by atoms with Gasteiger partial charge in [0.05, 0.1) is 25.0 Å². The van der Waals surface area contributed by atoms with Crippen molar-refractivity contribution in [1.29, 1.82) is 0 Å². The molecule has 2 aromatic heterocycles. The number of halogens is 3. The number of fused-ring (bicyclic) bond motifs is 1. The van der Waals surface area contributed by atoms with Gasteiger partial charge in [0, 0.05) is 11.8 Å². The first-order valence-corrected chi connectivity index (χ1v) is 11.7. The molecule has 0 saturated heterocycles. The first-order chi connectivity index (χ1) is 17.8. The van der Waals surface area contributed by atoms with E-state index in [2.05, 4.69) is 9.72 Å². The minimum Gasteiger partial charge on any atom is -0.493 e. The van der Waals surface area contributed by atoms with Gasteiger partial charge in [-0.3, -0.25) is 9.20 Å². The van der Waals surface area contributed by atoms with Crippen LogP contribution < -0.4 is 19.8 Å². The van der Waals surface area contributed by atoms with Crippen molar-refractivity contribution in [1.82, 2.24) is 9.38 Å². The lowest BCUT2D eigenvalue weighted by Gasteiger charge is -2.13. The Bertz CT molecular complexity index is 1510. The van der Waals surface area contributed by atoms with E-state index in [0.717, 1.165) is 18.4 Å². The highest BCUT2D eigenvalue weighted by molar-refractivity contribution is 5.81. The predicted molar refractivity (Wildman–Crippen MR) is 134 cm³/mol. The van der Waals surface area contributed by atoms with Gasteiger partial charge in [0.2, 0.25) is 0 Å². The molecule has 2 heterocycles. The number of nitrogens with zero attached hydrogens (tertiary/aromatic N) is 2. The van der Waals surface area contributed by atoms with Crippen LogP contribution in [0.5, 0.6) is 17.2 Å². The van der Waals surface area contributed by atoms with Crippen molar-refractivity contribution < 1.29 is 27.4 Å². The molecule has 6 nitrogen and oxygen atoms in total. The number of methoxy groups -OCH3 is 1. The third kappa shape index (κ3) is 5.61. The zero-order chi connectivity index (χ0) is 26.0. The second-order valence-electron chi connectivity index (χ2n) is 8.64. The fourth-order valence-electron chi connectivity index (χ4n) is 3.96. The van der Waals surface area contributed by atoms with E-state index < -0.39 is 6.36 Å². The number of alkyl halides is 3. The first kappa shape index (κ1) is 24.4. The summed E-state index contributed by atoms with van der Waals surface area (Å²) in [6, 6.07) is 15.9. The van der Waals surface area contributed by atoms with Crippen molar-refractivity contribution in [2.75, 3.05) is 13.7 Å². The van der Waals surface area contributed by atoms with Gasteiger partial charge in [-0.05, 0) is 66.8 Å². The van der Waals surface area contributed by atoms with E-state index in [-0.39, 0.29) is 16.9 Å². The molecule has 0 atom stereocenters. The van der Waals surface area contributed by atoms with Crippen LogP contribution in [0.3, 0.4) is 0 Å². The number of hydrogen-bond acceptors (Lipinski definition) is 5. The molecule has 2 aromatic carbocycles. The summed E-state index contributed by atoms with van der Waals surface area (Å²) in [5, 5.41) is 0. The van der Waals surface area contributed by atoms with Gasteiger partial charge >= 0.3 is 6.36 Å². The Balaban J connectivity index is 1.58. The van der Waals surface area contributed by atoms with Crippen molar-refractivity contribution in [3.05, 3.63) is 88.5 Å². The molecular formula is C28H23F3N2O4. The lowest BCUT2D eigenvalue weighted by Crippen LogP contribution is -2.19. The third-order valence-corrected chi connectivity index (χ3v) is 5.95. The van der Waals surface area contributed by atoms with Crippen LogP contribution in [-0.2, 0) is 0 Å². The lowest BCUT2D eigenvalue weighted by molar-refractivity contribution is -0.274. The van der Waals surface area contributed by atoms with E-state index in [1.807, 2.05) is 18.2 Å². The van der Waals surface area contributed by atoms with Crippen molar-refractivity contribution in [2.24, 2.45) is 5.92 Å². The Morgan fingerprint density at radius 1 is 1.03 bits per heavy atom. The molecule has 1 fully saturated rings. The maximum absolute atomic E-state index is 13.5. The van der Waals surface area contributed by atoms with Crippen molar-refractivity contribution in [3.8, 4) is 28.4 Å². The largest absolute Gasteiger partial charge is 0.573 e. The van der Waals surface area contributed by atoms with Gasteiger partial charge < -0.3 is 14.2 Å². The van der Waals surface area contributed by atoms with Crippen LogP contribution in [0.25, 0.3) is 28.9 Å². The number of aromatic nitrogens is 2. The number of benzene rings is 2. The normalized spacial score (nSPS) is 13.7. The Kier molecular flexibility index (Phi) is 6.60.